The molecular formula is C22H25N3O3S. The van der Waals surface area contributed by atoms with Gasteiger partial charge in [-0.05, 0) is 42.8 Å². The predicted molar refractivity (Wildman–Crippen MR) is 116 cm³/mol. The van der Waals surface area contributed by atoms with E-state index in [-0.39, 0.29) is 4.90 Å². The molecule has 0 saturated carbocycles. The van der Waals surface area contributed by atoms with Crippen molar-refractivity contribution in [1.29, 1.82) is 0 Å². The monoisotopic (exact) mass is 411 g/mol. The summed E-state index contributed by atoms with van der Waals surface area (Å²) in [6.07, 6.45) is 4.15. The van der Waals surface area contributed by atoms with Crippen LogP contribution in [0.2, 0.25) is 0 Å². The van der Waals surface area contributed by atoms with E-state index in [1.807, 2.05) is 31.2 Å². The van der Waals surface area contributed by atoms with Crippen LogP contribution < -0.4 is 14.4 Å². The third kappa shape index (κ3) is 5.48. The lowest BCUT2D eigenvalue weighted by atomic mass is 10.3. The summed E-state index contributed by atoms with van der Waals surface area (Å²) in [4.78, 5) is 4.26. The highest BCUT2D eigenvalue weighted by molar-refractivity contribution is 7.92. The number of anilines is 2. The Kier molecular flexibility index (Phi) is 7.08. The second-order valence-electron chi connectivity index (χ2n) is 6.40. The maximum atomic E-state index is 13.1. The highest BCUT2D eigenvalue weighted by atomic mass is 32.2. The van der Waals surface area contributed by atoms with Crippen molar-refractivity contribution in [3.63, 3.8) is 0 Å². The van der Waals surface area contributed by atoms with E-state index in [1.54, 1.807) is 54.9 Å². The van der Waals surface area contributed by atoms with Gasteiger partial charge in [-0.3, -0.25) is 9.29 Å². The molecule has 0 amide bonds. The summed E-state index contributed by atoms with van der Waals surface area (Å²) in [5, 5.41) is 3.25. The SMILES string of the molecule is CCCN(c1cccc(OCCNc2ccncc2)c1)S(=O)(=O)c1ccccc1. The highest BCUT2D eigenvalue weighted by Crippen LogP contribution is 2.27. The number of hydrogen-bond acceptors (Lipinski definition) is 5. The van der Waals surface area contributed by atoms with Crippen LogP contribution in [0, 0.1) is 0 Å². The molecule has 0 saturated heterocycles. The zero-order valence-electron chi connectivity index (χ0n) is 16.4. The first-order chi connectivity index (χ1) is 14.1. The van der Waals surface area contributed by atoms with Crippen molar-refractivity contribution in [2.24, 2.45) is 0 Å². The van der Waals surface area contributed by atoms with Gasteiger partial charge in [-0.1, -0.05) is 31.2 Å². The van der Waals surface area contributed by atoms with Crippen molar-refractivity contribution in [1.82, 2.24) is 4.98 Å². The van der Waals surface area contributed by atoms with Gasteiger partial charge in [-0.25, -0.2) is 8.42 Å². The molecule has 152 valence electrons. The van der Waals surface area contributed by atoms with Crippen LogP contribution in [0.4, 0.5) is 11.4 Å². The van der Waals surface area contributed by atoms with Crippen molar-refractivity contribution in [2.75, 3.05) is 29.3 Å². The number of benzene rings is 2. The van der Waals surface area contributed by atoms with Crippen molar-refractivity contribution in [3.05, 3.63) is 79.1 Å². The number of nitrogens with one attached hydrogen (secondary N) is 1. The Bertz CT molecular complexity index is 996. The van der Waals surface area contributed by atoms with Gasteiger partial charge in [0.1, 0.15) is 12.4 Å². The van der Waals surface area contributed by atoms with E-state index in [1.165, 1.54) is 4.31 Å². The molecule has 0 aliphatic carbocycles. The number of pyridine rings is 1. The van der Waals surface area contributed by atoms with Gasteiger partial charge in [0.25, 0.3) is 10.0 Å². The molecular weight excluding hydrogens is 386 g/mol. The normalized spacial score (nSPS) is 11.1. The van der Waals surface area contributed by atoms with Gasteiger partial charge in [-0.2, -0.15) is 0 Å². The Morgan fingerprint density at radius 1 is 1.00 bits per heavy atom. The molecule has 0 bridgehead atoms. The quantitative estimate of drug-likeness (QED) is 0.507. The Labute approximate surface area is 172 Å². The number of nitrogens with zero attached hydrogens (tertiary/aromatic N) is 2. The minimum atomic E-state index is -3.63. The fraction of sp³-hybridized carbons (Fsp3) is 0.227. The molecule has 1 N–H and O–H groups in total. The largest absolute Gasteiger partial charge is 0.492 e. The van der Waals surface area contributed by atoms with Gasteiger partial charge >= 0.3 is 0 Å². The van der Waals surface area contributed by atoms with Crippen LogP contribution in [-0.4, -0.2) is 33.1 Å². The molecule has 1 aromatic heterocycles. The van der Waals surface area contributed by atoms with Crippen molar-refractivity contribution >= 4 is 21.4 Å². The first kappa shape index (κ1) is 20.7. The van der Waals surface area contributed by atoms with Crippen LogP contribution in [-0.2, 0) is 10.0 Å². The average molecular weight is 412 g/mol. The lowest BCUT2D eigenvalue weighted by molar-refractivity contribution is 0.333. The van der Waals surface area contributed by atoms with Gasteiger partial charge in [0.05, 0.1) is 10.6 Å². The lowest BCUT2D eigenvalue weighted by Gasteiger charge is -2.24. The van der Waals surface area contributed by atoms with E-state index in [0.717, 1.165) is 5.69 Å². The fourth-order valence-electron chi connectivity index (χ4n) is 2.87. The van der Waals surface area contributed by atoms with E-state index in [0.29, 0.717) is 37.6 Å². The van der Waals surface area contributed by atoms with Crippen LogP contribution in [0.5, 0.6) is 5.75 Å². The molecule has 2 aromatic carbocycles. The summed E-state index contributed by atoms with van der Waals surface area (Å²) in [6, 6.07) is 19.5. The summed E-state index contributed by atoms with van der Waals surface area (Å²) < 4.78 is 33.5. The molecule has 29 heavy (non-hydrogen) atoms. The minimum absolute atomic E-state index is 0.279. The molecule has 7 heteroatoms. The molecule has 3 aromatic rings. The Morgan fingerprint density at radius 2 is 1.76 bits per heavy atom. The van der Waals surface area contributed by atoms with Crippen LogP contribution in [0.25, 0.3) is 0 Å². The number of hydrogen-bond donors (Lipinski definition) is 1. The van der Waals surface area contributed by atoms with E-state index >= 15 is 0 Å². The number of ether oxygens (including phenoxy) is 1. The van der Waals surface area contributed by atoms with E-state index in [9.17, 15) is 8.42 Å². The van der Waals surface area contributed by atoms with E-state index < -0.39 is 10.0 Å². The first-order valence-electron chi connectivity index (χ1n) is 9.56. The standard InChI is InChI=1S/C22H25N3O3S/c1-2-16-25(29(26,27)22-9-4-3-5-10-22)20-7-6-8-21(18-20)28-17-15-24-19-11-13-23-14-12-19/h3-14,18H,2,15-17H2,1H3,(H,23,24). The Hall–Kier alpha value is -3.06. The molecule has 0 aliphatic rings. The zero-order chi connectivity index (χ0) is 20.5. The molecule has 0 atom stereocenters. The molecule has 0 fully saturated rings. The van der Waals surface area contributed by atoms with Gasteiger partial charge in [0.2, 0.25) is 0 Å². The molecule has 0 spiro atoms. The minimum Gasteiger partial charge on any atom is -0.492 e. The second-order valence-corrected chi connectivity index (χ2v) is 8.26. The lowest BCUT2D eigenvalue weighted by Crippen LogP contribution is -2.31. The number of rotatable bonds is 10. The smallest absolute Gasteiger partial charge is 0.264 e. The summed E-state index contributed by atoms with van der Waals surface area (Å²) in [5.41, 5.74) is 1.57. The molecule has 0 unspecified atom stereocenters. The van der Waals surface area contributed by atoms with Crippen molar-refractivity contribution in [3.8, 4) is 5.75 Å². The third-order valence-electron chi connectivity index (χ3n) is 4.24. The maximum absolute atomic E-state index is 13.1. The van der Waals surface area contributed by atoms with Crippen LogP contribution in [0.3, 0.4) is 0 Å². The Morgan fingerprint density at radius 3 is 2.48 bits per heavy atom. The summed E-state index contributed by atoms with van der Waals surface area (Å²) in [6.45, 7) is 3.42. The predicted octanol–water partition coefficient (Wildman–Crippen LogP) is 4.18. The van der Waals surface area contributed by atoms with Crippen molar-refractivity contribution < 1.29 is 13.2 Å². The van der Waals surface area contributed by atoms with Gasteiger partial charge in [0, 0.05) is 37.2 Å². The van der Waals surface area contributed by atoms with Crippen LogP contribution >= 0.6 is 0 Å². The Balaban J connectivity index is 1.70. The van der Waals surface area contributed by atoms with Crippen LogP contribution in [0.1, 0.15) is 13.3 Å². The molecule has 0 radical (unpaired) electrons. The summed E-state index contributed by atoms with van der Waals surface area (Å²) >= 11 is 0. The highest BCUT2D eigenvalue weighted by Gasteiger charge is 2.24. The summed E-state index contributed by atoms with van der Waals surface area (Å²) in [5.74, 6) is 0.628. The molecule has 1 heterocycles. The summed E-state index contributed by atoms with van der Waals surface area (Å²) in [7, 11) is -3.63. The van der Waals surface area contributed by atoms with E-state index in [4.69, 9.17) is 4.74 Å². The maximum Gasteiger partial charge on any atom is 0.264 e. The topological polar surface area (TPSA) is 71.5 Å². The average Bonchev–Trinajstić information content (AvgIpc) is 2.76. The van der Waals surface area contributed by atoms with Gasteiger partial charge in [0.15, 0.2) is 0 Å². The van der Waals surface area contributed by atoms with Gasteiger partial charge < -0.3 is 10.1 Å². The third-order valence-corrected chi connectivity index (χ3v) is 6.09. The molecule has 0 aliphatic heterocycles. The van der Waals surface area contributed by atoms with Crippen molar-refractivity contribution in [2.45, 2.75) is 18.2 Å². The second kappa shape index (κ2) is 9.93. The van der Waals surface area contributed by atoms with E-state index in [2.05, 4.69) is 10.3 Å². The molecule has 6 nitrogen and oxygen atoms in total. The fourth-order valence-corrected chi connectivity index (χ4v) is 4.44. The zero-order valence-corrected chi connectivity index (χ0v) is 17.2. The first-order valence-corrected chi connectivity index (χ1v) is 11.0. The van der Waals surface area contributed by atoms with Crippen LogP contribution in [0.15, 0.2) is 84.0 Å². The number of sulfonamides is 1. The van der Waals surface area contributed by atoms with Gasteiger partial charge in [-0.15, -0.1) is 0 Å². The number of aromatic nitrogens is 1. The molecule has 3 rings (SSSR count).